The van der Waals surface area contributed by atoms with E-state index >= 15 is 0 Å². The van der Waals surface area contributed by atoms with Gasteiger partial charge in [0.2, 0.25) is 5.91 Å². The molecular formula is C20H19N3O3. The van der Waals surface area contributed by atoms with Crippen LogP contribution in [0.4, 0.5) is 5.82 Å². The molecule has 2 heterocycles. The van der Waals surface area contributed by atoms with Crippen molar-refractivity contribution in [2.45, 2.75) is 19.4 Å². The highest BCUT2D eigenvalue weighted by Gasteiger charge is 2.23. The maximum Gasteiger partial charge on any atom is 0.287 e. The number of benzene rings is 1. The summed E-state index contributed by atoms with van der Waals surface area (Å²) in [4.78, 5) is 29.2. The Labute approximate surface area is 151 Å². The lowest BCUT2D eigenvalue weighted by Gasteiger charge is -2.18. The topological polar surface area (TPSA) is 84.2 Å². The number of aromatic nitrogens is 1. The molecule has 0 aliphatic rings. The van der Waals surface area contributed by atoms with Crippen LogP contribution < -0.4 is 10.6 Å². The van der Waals surface area contributed by atoms with Gasteiger partial charge in [0.25, 0.3) is 5.91 Å². The van der Waals surface area contributed by atoms with E-state index in [1.54, 1.807) is 24.4 Å². The molecule has 2 aromatic heterocycles. The van der Waals surface area contributed by atoms with Crippen LogP contribution in [0, 0.1) is 6.92 Å². The zero-order valence-corrected chi connectivity index (χ0v) is 14.3. The molecule has 0 saturated heterocycles. The van der Waals surface area contributed by atoms with E-state index in [4.69, 9.17) is 4.42 Å². The summed E-state index contributed by atoms with van der Waals surface area (Å²) >= 11 is 0. The summed E-state index contributed by atoms with van der Waals surface area (Å²) in [5.74, 6) is -0.181. The summed E-state index contributed by atoms with van der Waals surface area (Å²) in [5.41, 5.74) is 1.92. The predicted octanol–water partition coefficient (Wildman–Crippen LogP) is 2.96. The molecule has 0 saturated carbocycles. The van der Waals surface area contributed by atoms with E-state index in [1.807, 2.05) is 43.3 Å². The number of aryl methyl sites for hydroxylation is 1. The average molecular weight is 349 g/mol. The molecule has 132 valence electrons. The van der Waals surface area contributed by atoms with Crippen molar-refractivity contribution in [2.75, 3.05) is 5.32 Å². The van der Waals surface area contributed by atoms with Crippen LogP contribution >= 0.6 is 0 Å². The Kier molecular flexibility index (Phi) is 5.43. The average Bonchev–Trinajstić information content (AvgIpc) is 3.17. The van der Waals surface area contributed by atoms with E-state index in [-0.39, 0.29) is 11.7 Å². The van der Waals surface area contributed by atoms with Crippen molar-refractivity contribution in [3.8, 4) is 0 Å². The van der Waals surface area contributed by atoms with Gasteiger partial charge in [0.1, 0.15) is 11.9 Å². The second-order valence-corrected chi connectivity index (χ2v) is 5.90. The fourth-order valence-electron chi connectivity index (χ4n) is 2.51. The first-order valence-corrected chi connectivity index (χ1v) is 8.23. The number of rotatable bonds is 6. The van der Waals surface area contributed by atoms with Gasteiger partial charge >= 0.3 is 0 Å². The van der Waals surface area contributed by atoms with E-state index in [0.29, 0.717) is 12.2 Å². The highest BCUT2D eigenvalue weighted by atomic mass is 16.3. The van der Waals surface area contributed by atoms with E-state index in [9.17, 15) is 9.59 Å². The van der Waals surface area contributed by atoms with Gasteiger partial charge in [0, 0.05) is 12.6 Å². The maximum atomic E-state index is 12.7. The lowest BCUT2D eigenvalue weighted by molar-refractivity contribution is -0.118. The van der Waals surface area contributed by atoms with Gasteiger partial charge in [-0.25, -0.2) is 4.98 Å². The normalized spacial score (nSPS) is 11.6. The highest BCUT2D eigenvalue weighted by Crippen LogP contribution is 2.10. The third-order valence-corrected chi connectivity index (χ3v) is 3.82. The Morgan fingerprint density at radius 2 is 1.92 bits per heavy atom. The molecular weight excluding hydrogens is 330 g/mol. The van der Waals surface area contributed by atoms with E-state index in [2.05, 4.69) is 15.6 Å². The Hall–Kier alpha value is -3.41. The first-order chi connectivity index (χ1) is 12.6. The number of anilines is 1. The number of nitrogens with one attached hydrogen (secondary N) is 2. The molecule has 0 aliphatic heterocycles. The lowest BCUT2D eigenvalue weighted by atomic mass is 10.0. The predicted molar refractivity (Wildman–Crippen MR) is 97.7 cm³/mol. The molecule has 1 aromatic carbocycles. The fourth-order valence-corrected chi connectivity index (χ4v) is 2.51. The van der Waals surface area contributed by atoms with Gasteiger partial charge in [-0.3, -0.25) is 9.59 Å². The molecule has 0 aliphatic carbocycles. The minimum atomic E-state index is -0.766. The van der Waals surface area contributed by atoms with Crippen molar-refractivity contribution < 1.29 is 14.0 Å². The van der Waals surface area contributed by atoms with Gasteiger partial charge in [0.05, 0.1) is 6.26 Å². The molecule has 2 N–H and O–H groups in total. The zero-order valence-electron chi connectivity index (χ0n) is 14.3. The number of hydrogen-bond donors (Lipinski definition) is 2. The maximum absolute atomic E-state index is 12.7. The van der Waals surface area contributed by atoms with Crippen molar-refractivity contribution in [3.05, 3.63) is 83.9 Å². The molecule has 2 amide bonds. The summed E-state index contributed by atoms with van der Waals surface area (Å²) in [6.07, 6.45) is 3.39. The second-order valence-electron chi connectivity index (χ2n) is 5.90. The standard InChI is InChI=1S/C20H19N3O3/c1-14-9-10-21-18(12-14)23-19(24)16(13-15-6-3-2-4-7-15)22-20(25)17-8-5-11-26-17/h2-12,16H,13H2,1H3,(H,22,25)(H,21,23,24). The number of nitrogens with zero attached hydrogens (tertiary/aromatic N) is 1. The van der Waals surface area contributed by atoms with Gasteiger partial charge in [-0.05, 0) is 42.3 Å². The Morgan fingerprint density at radius 3 is 2.62 bits per heavy atom. The summed E-state index contributed by atoms with van der Waals surface area (Å²) < 4.78 is 5.10. The summed E-state index contributed by atoms with van der Waals surface area (Å²) in [6, 6.07) is 15.5. The van der Waals surface area contributed by atoms with Crippen molar-refractivity contribution in [3.63, 3.8) is 0 Å². The first kappa shape index (κ1) is 17.4. The number of carbonyl (C=O) groups is 2. The first-order valence-electron chi connectivity index (χ1n) is 8.23. The molecule has 0 bridgehead atoms. The van der Waals surface area contributed by atoms with Crippen LogP contribution in [-0.2, 0) is 11.2 Å². The summed E-state index contributed by atoms with van der Waals surface area (Å²) in [5, 5.41) is 5.49. The molecule has 6 nitrogen and oxygen atoms in total. The number of pyridine rings is 1. The fraction of sp³-hybridized carbons (Fsp3) is 0.150. The third-order valence-electron chi connectivity index (χ3n) is 3.82. The Bertz CT molecular complexity index is 876. The number of furan rings is 1. The molecule has 0 fully saturated rings. The van der Waals surface area contributed by atoms with Gasteiger partial charge < -0.3 is 15.1 Å². The van der Waals surface area contributed by atoms with E-state index < -0.39 is 11.9 Å². The van der Waals surface area contributed by atoms with E-state index in [1.165, 1.54) is 6.26 Å². The van der Waals surface area contributed by atoms with Crippen LogP contribution in [-0.4, -0.2) is 22.8 Å². The third kappa shape index (κ3) is 4.57. The molecule has 26 heavy (non-hydrogen) atoms. The number of carbonyl (C=O) groups excluding carboxylic acids is 2. The lowest BCUT2D eigenvalue weighted by Crippen LogP contribution is -2.45. The van der Waals surface area contributed by atoms with Gasteiger partial charge in [-0.2, -0.15) is 0 Å². The van der Waals surface area contributed by atoms with Crippen LogP contribution in [0.5, 0.6) is 0 Å². The summed E-state index contributed by atoms with van der Waals surface area (Å²) in [6.45, 7) is 1.91. The molecule has 3 aromatic rings. The minimum absolute atomic E-state index is 0.157. The Morgan fingerprint density at radius 1 is 1.12 bits per heavy atom. The zero-order chi connectivity index (χ0) is 18.4. The van der Waals surface area contributed by atoms with Crippen molar-refractivity contribution in [1.82, 2.24) is 10.3 Å². The van der Waals surface area contributed by atoms with Crippen LogP contribution in [0.25, 0.3) is 0 Å². The molecule has 6 heteroatoms. The van der Waals surface area contributed by atoms with Crippen LogP contribution in [0.1, 0.15) is 21.7 Å². The quantitative estimate of drug-likeness (QED) is 0.716. The largest absolute Gasteiger partial charge is 0.459 e. The van der Waals surface area contributed by atoms with Crippen LogP contribution in [0.15, 0.2) is 71.5 Å². The van der Waals surface area contributed by atoms with Crippen LogP contribution in [0.3, 0.4) is 0 Å². The molecule has 1 atom stereocenters. The van der Waals surface area contributed by atoms with E-state index in [0.717, 1.165) is 11.1 Å². The van der Waals surface area contributed by atoms with Crippen LogP contribution in [0.2, 0.25) is 0 Å². The molecule has 0 radical (unpaired) electrons. The van der Waals surface area contributed by atoms with Gasteiger partial charge in [-0.1, -0.05) is 30.3 Å². The van der Waals surface area contributed by atoms with Gasteiger partial charge in [0.15, 0.2) is 5.76 Å². The van der Waals surface area contributed by atoms with Crippen molar-refractivity contribution >= 4 is 17.6 Å². The SMILES string of the molecule is Cc1ccnc(NC(=O)C(Cc2ccccc2)NC(=O)c2ccco2)c1. The van der Waals surface area contributed by atoms with Crippen molar-refractivity contribution in [1.29, 1.82) is 0 Å². The van der Waals surface area contributed by atoms with Gasteiger partial charge in [-0.15, -0.1) is 0 Å². The molecule has 3 rings (SSSR count). The number of hydrogen-bond acceptors (Lipinski definition) is 4. The minimum Gasteiger partial charge on any atom is -0.459 e. The smallest absolute Gasteiger partial charge is 0.287 e. The molecule has 0 spiro atoms. The highest BCUT2D eigenvalue weighted by molar-refractivity contribution is 5.99. The Balaban J connectivity index is 1.77. The summed E-state index contributed by atoms with van der Waals surface area (Å²) in [7, 11) is 0. The molecule has 1 unspecified atom stereocenters. The second kappa shape index (κ2) is 8.11. The van der Waals surface area contributed by atoms with Crippen molar-refractivity contribution in [2.24, 2.45) is 0 Å². The monoisotopic (exact) mass is 349 g/mol. The number of amides is 2.